The first-order valence-electron chi connectivity index (χ1n) is 8.01. The van der Waals surface area contributed by atoms with Crippen LogP contribution in [0.3, 0.4) is 0 Å². The van der Waals surface area contributed by atoms with Gasteiger partial charge in [-0.3, -0.25) is 4.79 Å². The van der Waals surface area contributed by atoms with Crippen LogP contribution in [0.25, 0.3) is 0 Å². The minimum atomic E-state index is -3.50. The molecule has 5 nitrogen and oxygen atoms in total. The van der Waals surface area contributed by atoms with Gasteiger partial charge in [-0.2, -0.15) is 4.31 Å². The lowest BCUT2D eigenvalue weighted by Gasteiger charge is -2.34. The predicted octanol–water partition coefficient (Wildman–Crippen LogP) is 2.75. The molecule has 1 heterocycles. The van der Waals surface area contributed by atoms with Crippen molar-refractivity contribution < 1.29 is 13.2 Å². The molecule has 3 rings (SSSR count). The normalized spacial score (nSPS) is 16.0. The number of hydrogen-bond acceptors (Lipinski definition) is 3. The number of aryl methyl sites for hydroxylation is 1. The molecule has 0 radical (unpaired) electrons. The van der Waals surface area contributed by atoms with Gasteiger partial charge in [-0.05, 0) is 53.3 Å². The molecule has 0 aromatic heterocycles. The maximum absolute atomic E-state index is 12.8. The van der Waals surface area contributed by atoms with Gasteiger partial charge in [0.2, 0.25) is 10.0 Å². The van der Waals surface area contributed by atoms with Gasteiger partial charge in [0, 0.05) is 29.7 Å². The van der Waals surface area contributed by atoms with Crippen LogP contribution in [-0.4, -0.2) is 49.7 Å². The summed E-state index contributed by atoms with van der Waals surface area (Å²) in [7, 11) is -3.50. The van der Waals surface area contributed by atoms with Gasteiger partial charge in [0.25, 0.3) is 5.91 Å². The Morgan fingerprint density at radius 1 is 0.960 bits per heavy atom. The van der Waals surface area contributed by atoms with Crippen molar-refractivity contribution in [3.8, 4) is 0 Å². The van der Waals surface area contributed by atoms with Gasteiger partial charge < -0.3 is 4.90 Å². The number of hydrogen-bond donors (Lipinski definition) is 0. The standard InChI is InChI=1S/C18H19IN2O3S/c1-14-6-5-9-16(17(14)19)18(22)20-10-12-21(13-11-20)25(23,24)15-7-3-2-4-8-15/h2-9H,10-13H2,1H3. The Morgan fingerprint density at radius 3 is 2.24 bits per heavy atom. The lowest BCUT2D eigenvalue weighted by molar-refractivity contribution is 0.0696. The van der Waals surface area contributed by atoms with E-state index in [1.807, 2.05) is 25.1 Å². The highest BCUT2D eigenvalue weighted by Gasteiger charge is 2.30. The molecule has 1 aliphatic heterocycles. The minimum Gasteiger partial charge on any atom is -0.336 e. The minimum absolute atomic E-state index is 0.0372. The van der Waals surface area contributed by atoms with Gasteiger partial charge in [0.15, 0.2) is 0 Å². The third-order valence-corrected chi connectivity index (χ3v) is 7.67. The number of carbonyl (C=O) groups is 1. The number of nitrogens with zero attached hydrogens (tertiary/aromatic N) is 2. The molecule has 0 N–H and O–H groups in total. The quantitative estimate of drug-likeness (QED) is 0.649. The molecule has 132 valence electrons. The Kier molecular flexibility index (Phi) is 5.45. The maximum Gasteiger partial charge on any atom is 0.255 e. The second-order valence-electron chi connectivity index (χ2n) is 5.95. The van der Waals surface area contributed by atoms with Crippen LogP contribution in [0.1, 0.15) is 15.9 Å². The SMILES string of the molecule is Cc1cccc(C(=O)N2CCN(S(=O)(=O)c3ccccc3)CC2)c1I. The van der Waals surface area contributed by atoms with Crippen LogP contribution >= 0.6 is 22.6 Å². The van der Waals surface area contributed by atoms with Crippen LogP contribution in [0, 0.1) is 10.5 Å². The molecule has 1 fully saturated rings. The molecule has 0 atom stereocenters. The van der Waals surface area contributed by atoms with Crippen LogP contribution in [0.15, 0.2) is 53.4 Å². The summed E-state index contributed by atoms with van der Waals surface area (Å²) in [5, 5.41) is 0. The highest BCUT2D eigenvalue weighted by Crippen LogP contribution is 2.21. The Labute approximate surface area is 161 Å². The largest absolute Gasteiger partial charge is 0.336 e. The molecule has 1 aliphatic rings. The predicted molar refractivity (Wildman–Crippen MR) is 105 cm³/mol. The van der Waals surface area contributed by atoms with Crippen molar-refractivity contribution in [2.75, 3.05) is 26.2 Å². The molecule has 0 spiro atoms. The fraction of sp³-hybridized carbons (Fsp3) is 0.278. The highest BCUT2D eigenvalue weighted by molar-refractivity contribution is 14.1. The first-order valence-corrected chi connectivity index (χ1v) is 10.5. The van der Waals surface area contributed by atoms with Gasteiger partial charge in [-0.25, -0.2) is 8.42 Å². The number of benzene rings is 2. The number of halogens is 1. The molecule has 1 amide bonds. The summed E-state index contributed by atoms with van der Waals surface area (Å²) in [5.74, 6) is -0.0372. The first kappa shape index (κ1) is 18.3. The number of piperazine rings is 1. The zero-order valence-corrected chi connectivity index (χ0v) is 16.8. The van der Waals surface area contributed by atoms with Crippen LogP contribution in [0.4, 0.5) is 0 Å². The average Bonchev–Trinajstić information content (AvgIpc) is 2.64. The van der Waals surface area contributed by atoms with Crippen molar-refractivity contribution in [2.24, 2.45) is 0 Å². The summed E-state index contributed by atoms with van der Waals surface area (Å²) in [5.41, 5.74) is 1.75. The number of amides is 1. The number of rotatable bonds is 3. The van der Waals surface area contributed by atoms with E-state index >= 15 is 0 Å². The van der Waals surface area contributed by atoms with E-state index in [1.165, 1.54) is 4.31 Å². The third-order valence-electron chi connectivity index (χ3n) is 4.33. The Bertz CT molecular complexity index is 876. The molecule has 2 aromatic rings. The van der Waals surface area contributed by atoms with Crippen molar-refractivity contribution in [2.45, 2.75) is 11.8 Å². The van der Waals surface area contributed by atoms with Crippen molar-refractivity contribution in [3.63, 3.8) is 0 Å². The van der Waals surface area contributed by atoms with Gasteiger partial charge >= 0.3 is 0 Å². The van der Waals surface area contributed by atoms with Crippen molar-refractivity contribution in [1.82, 2.24) is 9.21 Å². The zero-order valence-electron chi connectivity index (χ0n) is 13.9. The molecule has 25 heavy (non-hydrogen) atoms. The molecular formula is C18H19IN2O3S. The summed E-state index contributed by atoms with van der Waals surface area (Å²) >= 11 is 2.19. The van der Waals surface area contributed by atoms with Crippen LogP contribution in [-0.2, 0) is 10.0 Å². The summed E-state index contributed by atoms with van der Waals surface area (Å²) < 4.78 is 27.7. The van der Waals surface area contributed by atoms with E-state index in [4.69, 9.17) is 0 Å². The molecule has 2 aromatic carbocycles. The Balaban J connectivity index is 1.72. The monoisotopic (exact) mass is 470 g/mol. The topological polar surface area (TPSA) is 57.7 Å². The Morgan fingerprint density at radius 2 is 1.60 bits per heavy atom. The molecule has 1 saturated heterocycles. The van der Waals surface area contributed by atoms with E-state index in [9.17, 15) is 13.2 Å². The average molecular weight is 470 g/mol. The van der Waals surface area contributed by atoms with Gasteiger partial charge in [0.05, 0.1) is 10.5 Å². The highest BCUT2D eigenvalue weighted by atomic mass is 127. The lowest BCUT2D eigenvalue weighted by Crippen LogP contribution is -2.50. The van der Waals surface area contributed by atoms with Crippen LogP contribution in [0.2, 0.25) is 0 Å². The van der Waals surface area contributed by atoms with E-state index in [0.717, 1.165) is 9.13 Å². The second kappa shape index (κ2) is 7.43. The summed E-state index contributed by atoms with van der Waals surface area (Å²) in [6.07, 6.45) is 0. The Hall–Kier alpha value is -1.45. The third kappa shape index (κ3) is 3.73. The summed E-state index contributed by atoms with van der Waals surface area (Å²) in [6, 6.07) is 14.1. The fourth-order valence-corrected chi connectivity index (χ4v) is 4.89. The van der Waals surface area contributed by atoms with Crippen LogP contribution < -0.4 is 0 Å². The summed E-state index contributed by atoms with van der Waals surface area (Å²) in [4.78, 5) is 14.8. The zero-order chi connectivity index (χ0) is 18.0. The van der Waals surface area contributed by atoms with Crippen molar-refractivity contribution in [3.05, 3.63) is 63.2 Å². The smallest absolute Gasteiger partial charge is 0.255 e. The first-order chi connectivity index (χ1) is 11.9. The molecule has 0 bridgehead atoms. The molecule has 0 aliphatic carbocycles. The van der Waals surface area contributed by atoms with E-state index in [2.05, 4.69) is 22.6 Å². The van der Waals surface area contributed by atoms with Gasteiger partial charge in [-0.15, -0.1) is 0 Å². The van der Waals surface area contributed by atoms with E-state index in [1.54, 1.807) is 35.2 Å². The van der Waals surface area contributed by atoms with Gasteiger partial charge in [-0.1, -0.05) is 30.3 Å². The molecular weight excluding hydrogens is 451 g/mol. The van der Waals surface area contributed by atoms with Crippen LogP contribution in [0.5, 0.6) is 0 Å². The fourth-order valence-electron chi connectivity index (χ4n) is 2.86. The van der Waals surface area contributed by atoms with Gasteiger partial charge in [0.1, 0.15) is 0 Å². The molecule has 0 unspecified atom stereocenters. The second-order valence-corrected chi connectivity index (χ2v) is 8.96. The maximum atomic E-state index is 12.8. The molecule has 7 heteroatoms. The lowest BCUT2D eigenvalue weighted by atomic mass is 10.1. The van der Waals surface area contributed by atoms with Crippen molar-refractivity contribution in [1.29, 1.82) is 0 Å². The molecule has 0 saturated carbocycles. The van der Waals surface area contributed by atoms with E-state index < -0.39 is 10.0 Å². The number of carbonyl (C=O) groups excluding carboxylic acids is 1. The summed E-state index contributed by atoms with van der Waals surface area (Å²) in [6.45, 7) is 3.39. The van der Waals surface area contributed by atoms with E-state index in [-0.39, 0.29) is 5.91 Å². The van der Waals surface area contributed by atoms with E-state index in [0.29, 0.717) is 36.6 Å². The number of sulfonamides is 1. The van der Waals surface area contributed by atoms with Crippen molar-refractivity contribution >= 4 is 38.5 Å².